The van der Waals surface area contributed by atoms with E-state index in [2.05, 4.69) is 17.4 Å². The van der Waals surface area contributed by atoms with Crippen molar-refractivity contribution < 1.29 is 13.2 Å². The predicted octanol–water partition coefficient (Wildman–Crippen LogP) is 3.90. The van der Waals surface area contributed by atoms with Gasteiger partial charge in [0.1, 0.15) is 0 Å². The Hall–Kier alpha value is -1.99. The van der Waals surface area contributed by atoms with Crippen molar-refractivity contribution in [2.75, 3.05) is 29.4 Å². The fourth-order valence-electron chi connectivity index (χ4n) is 2.87. The summed E-state index contributed by atoms with van der Waals surface area (Å²) in [5, 5.41) is 2.91. The van der Waals surface area contributed by atoms with Gasteiger partial charge in [-0.2, -0.15) is 11.8 Å². The molecule has 29 heavy (non-hydrogen) atoms. The number of sulfonamides is 1. The van der Waals surface area contributed by atoms with Crippen molar-refractivity contribution in [1.82, 2.24) is 5.32 Å². The Labute approximate surface area is 178 Å². The number of aryl methyl sites for hydroxylation is 2. The molecule has 1 amide bonds. The number of hydrogen-bond donors (Lipinski definition) is 1. The molecule has 0 saturated heterocycles. The second-order valence-electron chi connectivity index (χ2n) is 7.10. The number of nitrogens with zero attached hydrogens (tertiary/aromatic N) is 1. The van der Waals surface area contributed by atoms with E-state index in [4.69, 9.17) is 0 Å². The van der Waals surface area contributed by atoms with Crippen LogP contribution in [0.4, 0.5) is 5.69 Å². The number of thioether (sulfide) groups is 1. The van der Waals surface area contributed by atoms with Crippen molar-refractivity contribution >= 4 is 33.4 Å². The third-order valence-corrected chi connectivity index (χ3v) is 6.85. The van der Waals surface area contributed by atoms with Crippen molar-refractivity contribution in [2.45, 2.75) is 32.4 Å². The number of nitrogens with one attached hydrogen (secondary N) is 1. The molecule has 0 radical (unpaired) electrons. The second kappa shape index (κ2) is 11.3. The lowest BCUT2D eigenvalue weighted by Gasteiger charge is -2.23. The van der Waals surface area contributed by atoms with E-state index in [9.17, 15) is 13.2 Å². The quantitative estimate of drug-likeness (QED) is 0.545. The minimum Gasteiger partial charge on any atom is -0.355 e. The maximum absolute atomic E-state index is 12.2. The summed E-state index contributed by atoms with van der Waals surface area (Å²) in [6.45, 7) is 4.86. The molecular weight excluding hydrogens is 404 g/mol. The maximum Gasteiger partial charge on any atom is 0.232 e. The minimum absolute atomic E-state index is 0.0427. The molecule has 5 nitrogen and oxygen atoms in total. The molecule has 0 heterocycles. The summed E-state index contributed by atoms with van der Waals surface area (Å²) >= 11 is 1.78. The first kappa shape index (κ1) is 23.3. The third kappa shape index (κ3) is 8.11. The van der Waals surface area contributed by atoms with E-state index in [1.165, 1.54) is 16.1 Å². The highest BCUT2D eigenvalue weighted by Crippen LogP contribution is 2.21. The number of benzene rings is 2. The fraction of sp³-hybridized carbons (Fsp3) is 0.409. The second-order valence-corrected chi connectivity index (χ2v) is 10.1. The van der Waals surface area contributed by atoms with Crippen molar-refractivity contribution in [2.24, 2.45) is 0 Å². The molecule has 0 saturated carbocycles. The zero-order chi connectivity index (χ0) is 21.3. The summed E-state index contributed by atoms with van der Waals surface area (Å²) in [7, 11) is -3.40. The molecule has 0 bridgehead atoms. The molecule has 0 spiro atoms. The number of rotatable bonds is 11. The number of carbonyl (C=O) groups excluding carboxylic acids is 1. The minimum atomic E-state index is -3.40. The largest absolute Gasteiger partial charge is 0.355 e. The predicted molar refractivity (Wildman–Crippen MR) is 123 cm³/mol. The molecule has 0 aliphatic rings. The highest BCUT2D eigenvalue weighted by Gasteiger charge is 2.18. The number of amides is 1. The molecule has 0 fully saturated rings. The van der Waals surface area contributed by atoms with Gasteiger partial charge >= 0.3 is 0 Å². The summed E-state index contributed by atoms with van der Waals surface area (Å²) in [4.78, 5) is 12.1. The van der Waals surface area contributed by atoms with Crippen LogP contribution in [0.2, 0.25) is 0 Å². The smallest absolute Gasteiger partial charge is 0.232 e. The van der Waals surface area contributed by atoms with Crippen molar-refractivity contribution in [1.29, 1.82) is 0 Å². The Kier molecular flexibility index (Phi) is 9.04. The van der Waals surface area contributed by atoms with E-state index in [1.54, 1.807) is 11.8 Å². The standard InChI is InChI=1S/C22H30N2O3S2/c1-18-11-12-21(16-19(18)2)24(29(3,26)27)14-7-10-22(25)23-13-15-28-17-20-8-5-4-6-9-20/h4-6,8-9,11-12,16H,7,10,13-15,17H2,1-3H3,(H,23,25). The zero-order valence-corrected chi connectivity index (χ0v) is 19.0. The van der Waals surface area contributed by atoms with Crippen LogP contribution in [0, 0.1) is 13.8 Å². The molecule has 0 aromatic heterocycles. The first-order valence-electron chi connectivity index (χ1n) is 9.70. The molecule has 0 unspecified atom stereocenters. The van der Waals surface area contributed by atoms with Crippen LogP contribution in [0.15, 0.2) is 48.5 Å². The highest BCUT2D eigenvalue weighted by atomic mass is 32.2. The number of anilines is 1. The van der Waals surface area contributed by atoms with E-state index in [0.717, 1.165) is 22.6 Å². The Morgan fingerprint density at radius 2 is 1.79 bits per heavy atom. The van der Waals surface area contributed by atoms with Gasteiger partial charge in [0.05, 0.1) is 11.9 Å². The molecular formula is C22H30N2O3S2. The molecule has 2 aromatic rings. The van der Waals surface area contributed by atoms with Gasteiger partial charge in [0.15, 0.2) is 0 Å². The molecule has 1 N–H and O–H groups in total. The summed E-state index contributed by atoms with van der Waals surface area (Å²) in [5.74, 6) is 1.73. The van der Waals surface area contributed by atoms with E-state index in [-0.39, 0.29) is 12.5 Å². The van der Waals surface area contributed by atoms with Crippen LogP contribution in [0.5, 0.6) is 0 Å². The Morgan fingerprint density at radius 1 is 1.07 bits per heavy atom. The van der Waals surface area contributed by atoms with Crippen LogP contribution in [0.25, 0.3) is 0 Å². The van der Waals surface area contributed by atoms with Crippen LogP contribution in [0.1, 0.15) is 29.5 Å². The Morgan fingerprint density at radius 3 is 2.45 bits per heavy atom. The normalized spacial score (nSPS) is 11.3. The molecule has 0 aliphatic heterocycles. The number of carbonyl (C=O) groups is 1. The Bertz CT molecular complexity index is 900. The van der Waals surface area contributed by atoms with E-state index in [1.807, 2.05) is 50.2 Å². The van der Waals surface area contributed by atoms with Crippen molar-refractivity contribution in [3.05, 3.63) is 65.2 Å². The van der Waals surface area contributed by atoms with Gasteiger partial charge in [-0.1, -0.05) is 36.4 Å². The average Bonchev–Trinajstić information content (AvgIpc) is 2.67. The molecule has 158 valence electrons. The van der Waals surface area contributed by atoms with E-state index >= 15 is 0 Å². The third-order valence-electron chi connectivity index (χ3n) is 4.62. The SMILES string of the molecule is Cc1ccc(N(CCCC(=O)NCCSCc2ccccc2)S(C)(=O)=O)cc1C. The van der Waals surface area contributed by atoms with E-state index in [0.29, 0.717) is 25.1 Å². The van der Waals surface area contributed by atoms with Crippen LogP contribution < -0.4 is 9.62 Å². The van der Waals surface area contributed by atoms with Gasteiger partial charge in [-0.05, 0) is 49.1 Å². The van der Waals surface area contributed by atoms with Gasteiger partial charge < -0.3 is 5.32 Å². The van der Waals surface area contributed by atoms with Crippen LogP contribution >= 0.6 is 11.8 Å². The summed E-state index contributed by atoms with van der Waals surface area (Å²) < 4.78 is 25.8. The molecule has 2 aromatic carbocycles. The topological polar surface area (TPSA) is 66.5 Å². The van der Waals surface area contributed by atoms with Gasteiger partial charge in [0.25, 0.3) is 0 Å². The fourth-order valence-corrected chi connectivity index (χ4v) is 4.64. The zero-order valence-electron chi connectivity index (χ0n) is 17.3. The highest BCUT2D eigenvalue weighted by molar-refractivity contribution is 7.98. The summed E-state index contributed by atoms with van der Waals surface area (Å²) in [6, 6.07) is 15.8. The lowest BCUT2D eigenvalue weighted by molar-refractivity contribution is -0.121. The molecule has 2 rings (SSSR count). The van der Waals surface area contributed by atoms with Gasteiger partial charge in [0, 0.05) is 31.0 Å². The van der Waals surface area contributed by atoms with Crippen LogP contribution in [0.3, 0.4) is 0 Å². The average molecular weight is 435 g/mol. The lowest BCUT2D eigenvalue weighted by atomic mass is 10.1. The monoisotopic (exact) mass is 434 g/mol. The molecule has 7 heteroatoms. The van der Waals surface area contributed by atoms with Crippen LogP contribution in [-0.4, -0.2) is 39.4 Å². The maximum atomic E-state index is 12.2. The van der Waals surface area contributed by atoms with Gasteiger partial charge in [-0.25, -0.2) is 8.42 Å². The summed E-state index contributed by atoms with van der Waals surface area (Å²) in [5.41, 5.74) is 4.08. The van der Waals surface area contributed by atoms with Gasteiger partial charge in [-0.15, -0.1) is 0 Å². The first-order valence-corrected chi connectivity index (χ1v) is 12.7. The number of hydrogen-bond acceptors (Lipinski definition) is 4. The molecule has 0 aliphatic carbocycles. The van der Waals surface area contributed by atoms with E-state index < -0.39 is 10.0 Å². The lowest BCUT2D eigenvalue weighted by Crippen LogP contribution is -2.32. The van der Waals surface area contributed by atoms with Crippen LogP contribution in [-0.2, 0) is 20.6 Å². The van der Waals surface area contributed by atoms with Crippen molar-refractivity contribution in [3.8, 4) is 0 Å². The first-order chi connectivity index (χ1) is 13.8. The molecule has 0 atom stereocenters. The Balaban J connectivity index is 1.73. The van der Waals surface area contributed by atoms with Gasteiger partial charge in [-0.3, -0.25) is 9.10 Å². The van der Waals surface area contributed by atoms with Gasteiger partial charge in [0.2, 0.25) is 15.9 Å². The summed E-state index contributed by atoms with van der Waals surface area (Å²) in [6.07, 6.45) is 1.98. The van der Waals surface area contributed by atoms with Crippen molar-refractivity contribution in [3.63, 3.8) is 0 Å².